The smallest absolute Gasteiger partial charge is 0.336 e. The largest absolute Gasteiger partial charge is 0.478 e. The number of anilines is 1. The number of hydrogen-bond donors (Lipinski definition) is 2. The number of fused-ring (bicyclic) bond motifs is 5. The Morgan fingerprint density at radius 2 is 1.59 bits per heavy atom. The van der Waals surface area contributed by atoms with Crippen LogP contribution in [0.25, 0.3) is 27.1 Å². The van der Waals surface area contributed by atoms with E-state index in [1.807, 2.05) is 42.5 Å². The van der Waals surface area contributed by atoms with Crippen LogP contribution < -0.4 is 5.73 Å². The van der Waals surface area contributed by atoms with Gasteiger partial charge < -0.3 is 10.8 Å². The molecule has 0 fully saturated rings. The van der Waals surface area contributed by atoms with Gasteiger partial charge in [-0.1, -0.05) is 78.4 Å². The molecule has 2 aliphatic rings. The maximum atomic E-state index is 10.8. The Morgan fingerprint density at radius 3 is 2.47 bits per heavy atom. The maximum Gasteiger partial charge on any atom is 0.336 e. The Kier molecular flexibility index (Phi) is 5.24. The second kappa shape index (κ2) is 8.35. The molecule has 6 rings (SSSR count). The van der Waals surface area contributed by atoms with Crippen LogP contribution in [0.2, 0.25) is 0 Å². The quantitative estimate of drug-likeness (QED) is 0.326. The van der Waals surface area contributed by atoms with Crippen molar-refractivity contribution in [2.45, 2.75) is 25.7 Å². The summed E-state index contributed by atoms with van der Waals surface area (Å²) < 4.78 is 0. The number of nitrogen functional groups attached to an aromatic ring is 1. The van der Waals surface area contributed by atoms with Gasteiger partial charge in [0.1, 0.15) is 0 Å². The summed E-state index contributed by atoms with van der Waals surface area (Å²) >= 11 is 0. The minimum Gasteiger partial charge on any atom is -0.478 e. The summed E-state index contributed by atoms with van der Waals surface area (Å²) in [5.41, 5.74) is 13.4. The van der Waals surface area contributed by atoms with Crippen LogP contribution in [0.1, 0.15) is 40.7 Å². The first-order chi connectivity index (χ1) is 15.6. The zero-order valence-electron chi connectivity index (χ0n) is 17.8. The first-order valence-electron chi connectivity index (χ1n) is 11.0. The van der Waals surface area contributed by atoms with Gasteiger partial charge in [-0.15, -0.1) is 0 Å². The minimum atomic E-state index is -0.878. The van der Waals surface area contributed by atoms with Crippen molar-refractivity contribution in [2.24, 2.45) is 0 Å². The normalized spacial score (nSPS) is 14.5. The van der Waals surface area contributed by atoms with E-state index in [1.165, 1.54) is 46.7 Å². The van der Waals surface area contributed by atoms with Gasteiger partial charge >= 0.3 is 5.97 Å². The van der Waals surface area contributed by atoms with Gasteiger partial charge in [-0.05, 0) is 70.7 Å². The molecule has 0 atom stereocenters. The summed E-state index contributed by atoms with van der Waals surface area (Å²) in [5.74, 6) is -0.878. The van der Waals surface area contributed by atoms with Crippen LogP contribution in [0.15, 0.2) is 90.5 Å². The molecule has 0 saturated carbocycles. The van der Waals surface area contributed by atoms with Crippen LogP contribution in [0.4, 0.5) is 5.69 Å². The third kappa shape index (κ3) is 3.56. The number of carbonyl (C=O) groups is 1. The van der Waals surface area contributed by atoms with Crippen LogP contribution in [-0.4, -0.2) is 11.1 Å². The van der Waals surface area contributed by atoms with Crippen LogP contribution >= 0.6 is 0 Å². The molecule has 0 heterocycles. The molecule has 0 aliphatic heterocycles. The lowest BCUT2D eigenvalue weighted by Crippen LogP contribution is -2.07. The highest BCUT2D eigenvalue weighted by atomic mass is 16.4. The summed E-state index contributed by atoms with van der Waals surface area (Å²) in [6, 6.07) is 23.4. The minimum absolute atomic E-state index is 0.359. The summed E-state index contributed by atoms with van der Waals surface area (Å²) in [4.78, 5) is 10.8. The van der Waals surface area contributed by atoms with Gasteiger partial charge in [0.2, 0.25) is 0 Å². The fourth-order valence-corrected chi connectivity index (χ4v) is 4.94. The Morgan fingerprint density at radius 1 is 0.812 bits per heavy atom. The van der Waals surface area contributed by atoms with Crippen molar-refractivity contribution in [1.82, 2.24) is 0 Å². The van der Waals surface area contributed by atoms with Crippen LogP contribution in [0.5, 0.6) is 0 Å². The molecule has 0 amide bonds. The Hall–Kier alpha value is -3.85. The second-order valence-corrected chi connectivity index (χ2v) is 8.33. The monoisotopic (exact) mass is 419 g/mol. The van der Waals surface area contributed by atoms with E-state index in [0.29, 0.717) is 5.56 Å². The van der Waals surface area contributed by atoms with E-state index in [-0.39, 0.29) is 0 Å². The van der Waals surface area contributed by atoms with Crippen molar-refractivity contribution in [2.75, 3.05) is 5.73 Å². The highest BCUT2D eigenvalue weighted by Gasteiger charge is 2.21. The summed E-state index contributed by atoms with van der Waals surface area (Å²) in [6.07, 6.45) is 9.36. The number of allylic oxidation sites excluding steroid dienone is 4. The van der Waals surface area contributed by atoms with Gasteiger partial charge in [0.25, 0.3) is 0 Å². The number of rotatable bonds is 1. The molecule has 3 nitrogen and oxygen atoms in total. The average molecular weight is 420 g/mol. The molecule has 3 heteroatoms. The number of carboxylic acid groups (broad SMARTS) is 1. The molecular formula is C29H25NO2. The Labute approximate surface area is 187 Å². The van der Waals surface area contributed by atoms with E-state index in [4.69, 9.17) is 10.8 Å². The van der Waals surface area contributed by atoms with E-state index in [0.717, 1.165) is 22.9 Å². The van der Waals surface area contributed by atoms with Crippen LogP contribution in [-0.2, 0) is 6.42 Å². The zero-order valence-corrected chi connectivity index (χ0v) is 17.8. The van der Waals surface area contributed by atoms with Gasteiger partial charge in [-0.25, -0.2) is 4.79 Å². The van der Waals surface area contributed by atoms with E-state index < -0.39 is 5.97 Å². The highest BCUT2D eigenvalue weighted by molar-refractivity contribution is 6.03. The molecule has 0 radical (unpaired) electrons. The Bertz CT molecular complexity index is 1410. The third-order valence-corrected chi connectivity index (χ3v) is 6.45. The van der Waals surface area contributed by atoms with E-state index in [2.05, 4.69) is 30.4 Å². The highest BCUT2D eigenvalue weighted by Crippen LogP contribution is 2.41. The number of benzene rings is 4. The van der Waals surface area contributed by atoms with Gasteiger partial charge in [0, 0.05) is 11.1 Å². The first kappa shape index (κ1) is 20.1. The van der Waals surface area contributed by atoms with E-state index in [1.54, 1.807) is 17.7 Å². The number of aromatic carboxylic acids is 1. The Balaban J connectivity index is 0.000000146. The molecule has 0 bridgehead atoms. The lowest BCUT2D eigenvalue weighted by Gasteiger charge is -2.25. The molecule has 0 unspecified atom stereocenters. The molecule has 158 valence electrons. The predicted molar refractivity (Wildman–Crippen MR) is 133 cm³/mol. The van der Waals surface area contributed by atoms with Crippen molar-refractivity contribution in [3.63, 3.8) is 0 Å². The second-order valence-electron chi connectivity index (χ2n) is 8.33. The summed E-state index contributed by atoms with van der Waals surface area (Å²) in [6.45, 7) is 0. The van der Waals surface area contributed by atoms with Gasteiger partial charge in [-0.2, -0.15) is 0 Å². The number of aryl methyl sites for hydroxylation is 1. The predicted octanol–water partition coefficient (Wildman–Crippen LogP) is 7.01. The van der Waals surface area contributed by atoms with Crippen molar-refractivity contribution in [3.8, 4) is 0 Å². The maximum absolute atomic E-state index is 10.8. The summed E-state index contributed by atoms with van der Waals surface area (Å²) in [5, 5.41) is 13.2. The number of nitrogens with two attached hydrogens (primary N) is 1. The number of carboxylic acids is 1. The molecule has 0 spiro atoms. The molecule has 32 heavy (non-hydrogen) atoms. The number of hydrogen-bond acceptors (Lipinski definition) is 2. The van der Waals surface area contributed by atoms with E-state index >= 15 is 0 Å². The van der Waals surface area contributed by atoms with Gasteiger partial charge in [0.15, 0.2) is 0 Å². The topological polar surface area (TPSA) is 63.3 Å². The fourth-order valence-electron chi connectivity index (χ4n) is 4.94. The lowest BCUT2D eigenvalue weighted by molar-refractivity contribution is 0.0699. The van der Waals surface area contributed by atoms with Crippen LogP contribution in [0.3, 0.4) is 0 Å². The van der Waals surface area contributed by atoms with Gasteiger partial charge in [0.05, 0.1) is 5.56 Å². The zero-order chi connectivity index (χ0) is 22.1. The molecule has 2 aliphatic carbocycles. The van der Waals surface area contributed by atoms with Crippen molar-refractivity contribution >= 4 is 38.8 Å². The van der Waals surface area contributed by atoms with E-state index in [9.17, 15) is 4.79 Å². The first-order valence-corrected chi connectivity index (χ1v) is 11.0. The van der Waals surface area contributed by atoms with Crippen molar-refractivity contribution < 1.29 is 9.90 Å². The average Bonchev–Trinajstić information content (AvgIpc) is 2.83. The summed E-state index contributed by atoms with van der Waals surface area (Å²) in [7, 11) is 0. The van der Waals surface area contributed by atoms with Gasteiger partial charge in [-0.3, -0.25) is 0 Å². The molecule has 4 aromatic rings. The molecule has 4 aromatic carbocycles. The van der Waals surface area contributed by atoms with Crippen molar-refractivity contribution in [3.05, 3.63) is 107 Å². The van der Waals surface area contributed by atoms with Crippen LogP contribution in [0, 0.1) is 0 Å². The third-order valence-electron chi connectivity index (χ3n) is 6.45. The lowest BCUT2D eigenvalue weighted by atomic mass is 9.79. The van der Waals surface area contributed by atoms with Crippen molar-refractivity contribution in [1.29, 1.82) is 0 Å². The molecule has 0 aromatic heterocycles. The molecular weight excluding hydrogens is 394 g/mol. The standard InChI is InChI=1S/C18H17N.C11H8O2/c19-17-7-3-5-13-9-10-15-14-6-2-1-4-12(14)8-11-16(15)18(13)17;12-11(13)10-7-3-5-8-4-1-2-6-9(8)10/h2-3,5-7,9-10H,1,4,8,11,19H2;1-7H,(H,12,13). The SMILES string of the molecule is Nc1cccc2ccc3c(c12)CCC1=C3C=CCC1.O=C(O)c1cccc2ccccc12. The molecule has 3 N–H and O–H groups in total. The molecule has 0 saturated heterocycles. The fraction of sp³-hybridized carbons (Fsp3) is 0.138.